The molecule has 1 fully saturated rings. The van der Waals surface area contributed by atoms with Crippen LogP contribution in [0.4, 0.5) is 5.69 Å². The van der Waals surface area contributed by atoms with Gasteiger partial charge >= 0.3 is 0 Å². The van der Waals surface area contributed by atoms with Gasteiger partial charge in [-0.2, -0.15) is 4.98 Å². The van der Waals surface area contributed by atoms with Crippen molar-refractivity contribution >= 4 is 23.2 Å². The fourth-order valence-corrected chi connectivity index (χ4v) is 3.42. The molecule has 1 aliphatic rings. The largest absolute Gasteiger partial charge is 0.334 e. The average molecular weight is 368 g/mol. The second kappa shape index (κ2) is 6.92. The number of halogens is 1. The van der Waals surface area contributed by atoms with Crippen LogP contribution in [0.3, 0.4) is 0 Å². The van der Waals surface area contributed by atoms with E-state index in [4.69, 9.17) is 16.1 Å². The van der Waals surface area contributed by atoms with E-state index >= 15 is 0 Å². The van der Waals surface area contributed by atoms with Gasteiger partial charge < -0.3 is 9.42 Å². The topological polar surface area (TPSA) is 59.2 Å². The Hall–Kier alpha value is -2.66. The fraction of sp³-hybridized carbons (Fsp3) is 0.250. The second-order valence-corrected chi connectivity index (χ2v) is 6.77. The molecule has 0 spiro atoms. The zero-order valence-corrected chi connectivity index (χ0v) is 15.1. The predicted octanol–water partition coefficient (Wildman–Crippen LogP) is 4.47. The molecule has 132 valence electrons. The number of rotatable bonds is 4. The minimum absolute atomic E-state index is 0.0155. The van der Waals surface area contributed by atoms with Crippen LogP contribution in [0.25, 0.3) is 11.5 Å². The normalized spacial score (nSPS) is 17.1. The molecule has 1 atom stereocenters. The van der Waals surface area contributed by atoms with E-state index in [0.29, 0.717) is 29.7 Å². The summed E-state index contributed by atoms with van der Waals surface area (Å²) in [6.45, 7) is 2.61. The van der Waals surface area contributed by atoms with Gasteiger partial charge in [0.2, 0.25) is 5.91 Å². The summed E-state index contributed by atoms with van der Waals surface area (Å²) in [4.78, 5) is 18.6. The van der Waals surface area contributed by atoms with Crippen molar-refractivity contribution in [3.63, 3.8) is 0 Å². The molecule has 2 heterocycles. The van der Waals surface area contributed by atoms with E-state index in [-0.39, 0.29) is 11.8 Å². The molecule has 0 saturated carbocycles. The molecule has 3 aromatic rings. The molecule has 26 heavy (non-hydrogen) atoms. The van der Waals surface area contributed by atoms with Crippen molar-refractivity contribution in [2.24, 2.45) is 0 Å². The summed E-state index contributed by atoms with van der Waals surface area (Å²) in [5.41, 5.74) is 2.86. The molecular weight excluding hydrogens is 350 g/mol. The SMILES string of the molecule is CCc1ccc(-c2nc(C3CC(=O)N(c4ccccc4Cl)C3)no2)cc1. The smallest absolute Gasteiger partial charge is 0.257 e. The number of carbonyl (C=O) groups is 1. The molecule has 0 N–H and O–H groups in total. The quantitative estimate of drug-likeness (QED) is 0.682. The summed E-state index contributed by atoms with van der Waals surface area (Å²) in [5, 5.41) is 4.67. The summed E-state index contributed by atoms with van der Waals surface area (Å²) < 4.78 is 5.42. The molecule has 0 bridgehead atoms. The number of aryl methyl sites for hydroxylation is 1. The first-order chi connectivity index (χ1) is 12.7. The lowest BCUT2D eigenvalue weighted by molar-refractivity contribution is -0.117. The maximum absolute atomic E-state index is 12.4. The van der Waals surface area contributed by atoms with E-state index in [2.05, 4.69) is 29.2 Å². The number of amides is 1. The number of hydrogen-bond donors (Lipinski definition) is 0. The Labute approximate surface area is 156 Å². The van der Waals surface area contributed by atoms with Crippen LogP contribution in [0.5, 0.6) is 0 Å². The van der Waals surface area contributed by atoms with Gasteiger partial charge in [0.1, 0.15) is 0 Å². The molecule has 2 aromatic carbocycles. The van der Waals surface area contributed by atoms with Gasteiger partial charge in [-0.1, -0.05) is 47.9 Å². The van der Waals surface area contributed by atoms with Crippen molar-refractivity contribution in [1.29, 1.82) is 0 Å². The third kappa shape index (κ3) is 3.10. The van der Waals surface area contributed by atoms with E-state index in [9.17, 15) is 4.79 Å². The van der Waals surface area contributed by atoms with Gasteiger partial charge in [-0.05, 0) is 36.2 Å². The van der Waals surface area contributed by atoms with Crippen molar-refractivity contribution in [3.05, 3.63) is 64.9 Å². The van der Waals surface area contributed by atoms with Crippen molar-refractivity contribution in [2.45, 2.75) is 25.7 Å². The van der Waals surface area contributed by atoms with Gasteiger partial charge in [0.15, 0.2) is 5.82 Å². The molecule has 1 saturated heterocycles. The van der Waals surface area contributed by atoms with Crippen molar-refractivity contribution in [1.82, 2.24) is 10.1 Å². The molecule has 5 nitrogen and oxygen atoms in total. The first-order valence-corrected chi connectivity index (χ1v) is 9.01. The molecule has 6 heteroatoms. The maximum Gasteiger partial charge on any atom is 0.257 e. The number of benzene rings is 2. The van der Waals surface area contributed by atoms with Gasteiger partial charge in [-0.3, -0.25) is 4.79 Å². The first-order valence-electron chi connectivity index (χ1n) is 8.63. The van der Waals surface area contributed by atoms with E-state index in [1.165, 1.54) is 5.56 Å². The molecule has 1 unspecified atom stereocenters. The van der Waals surface area contributed by atoms with Crippen LogP contribution in [0, 0.1) is 0 Å². The number of hydrogen-bond acceptors (Lipinski definition) is 4. The Kier molecular flexibility index (Phi) is 4.47. The van der Waals surface area contributed by atoms with Crippen LogP contribution < -0.4 is 4.90 Å². The second-order valence-electron chi connectivity index (χ2n) is 6.37. The van der Waals surface area contributed by atoms with Crippen LogP contribution >= 0.6 is 11.6 Å². The highest BCUT2D eigenvalue weighted by Crippen LogP contribution is 2.34. The van der Waals surface area contributed by atoms with Crippen molar-refractivity contribution < 1.29 is 9.32 Å². The highest BCUT2D eigenvalue weighted by Gasteiger charge is 2.35. The fourth-order valence-electron chi connectivity index (χ4n) is 3.18. The molecule has 1 amide bonds. The summed E-state index contributed by atoms with van der Waals surface area (Å²) in [6, 6.07) is 15.4. The summed E-state index contributed by atoms with van der Waals surface area (Å²) in [6.07, 6.45) is 1.33. The molecule has 1 aliphatic heterocycles. The molecule has 0 radical (unpaired) electrons. The average Bonchev–Trinajstić information content (AvgIpc) is 3.29. The highest BCUT2D eigenvalue weighted by atomic mass is 35.5. The Morgan fingerprint density at radius 3 is 2.69 bits per heavy atom. The molecular formula is C20H18ClN3O2. The highest BCUT2D eigenvalue weighted by molar-refractivity contribution is 6.33. The Morgan fingerprint density at radius 1 is 1.19 bits per heavy atom. The minimum Gasteiger partial charge on any atom is -0.334 e. The minimum atomic E-state index is -0.105. The number of nitrogens with zero attached hydrogens (tertiary/aromatic N) is 3. The summed E-state index contributed by atoms with van der Waals surface area (Å²) in [5.74, 6) is 0.946. The standard InChI is InChI=1S/C20H18ClN3O2/c1-2-13-7-9-14(10-8-13)20-22-19(23-26-20)15-11-18(25)24(12-15)17-6-4-3-5-16(17)21/h3-10,15H,2,11-12H2,1H3. The van der Waals surface area contributed by atoms with Gasteiger partial charge in [0.05, 0.1) is 10.7 Å². The summed E-state index contributed by atoms with van der Waals surface area (Å²) in [7, 11) is 0. The van der Waals surface area contributed by atoms with Gasteiger partial charge in [0, 0.05) is 24.4 Å². The molecule has 1 aromatic heterocycles. The lowest BCUT2D eigenvalue weighted by Crippen LogP contribution is -2.24. The zero-order valence-electron chi connectivity index (χ0n) is 14.4. The monoisotopic (exact) mass is 367 g/mol. The van der Waals surface area contributed by atoms with Crippen molar-refractivity contribution in [3.8, 4) is 11.5 Å². The lowest BCUT2D eigenvalue weighted by atomic mass is 10.1. The van der Waals surface area contributed by atoms with Gasteiger partial charge in [0.25, 0.3) is 5.89 Å². The molecule has 0 aliphatic carbocycles. The third-order valence-corrected chi connectivity index (χ3v) is 5.00. The number of carbonyl (C=O) groups excluding carboxylic acids is 1. The van der Waals surface area contributed by atoms with Gasteiger partial charge in [-0.25, -0.2) is 0 Å². The third-order valence-electron chi connectivity index (χ3n) is 4.68. The van der Waals surface area contributed by atoms with Crippen molar-refractivity contribution in [2.75, 3.05) is 11.4 Å². The van der Waals surface area contributed by atoms with Crippen LogP contribution in [-0.2, 0) is 11.2 Å². The Morgan fingerprint density at radius 2 is 1.96 bits per heavy atom. The zero-order chi connectivity index (χ0) is 18.1. The van der Waals surface area contributed by atoms with Crippen LogP contribution in [0.15, 0.2) is 53.1 Å². The van der Waals surface area contributed by atoms with Crippen LogP contribution in [-0.4, -0.2) is 22.6 Å². The maximum atomic E-state index is 12.4. The van der Waals surface area contributed by atoms with Crippen LogP contribution in [0.2, 0.25) is 5.02 Å². The number of anilines is 1. The van der Waals surface area contributed by atoms with E-state index < -0.39 is 0 Å². The Balaban J connectivity index is 1.55. The lowest BCUT2D eigenvalue weighted by Gasteiger charge is -2.17. The van der Waals surface area contributed by atoms with Crippen LogP contribution in [0.1, 0.15) is 30.7 Å². The summed E-state index contributed by atoms with van der Waals surface area (Å²) >= 11 is 6.23. The first kappa shape index (κ1) is 16.8. The predicted molar refractivity (Wildman–Crippen MR) is 100 cm³/mol. The van der Waals surface area contributed by atoms with E-state index in [1.54, 1.807) is 11.0 Å². The molecule has 4 rings (SSSR count). The van der Waals surface area contributed by atoms with E-state index in [1.807, 2.05) is 30.3 Å². The van der Waals surface area contributed by atoms with E-state index in [0.717, 1.165) is 17.7 Å². The number of para-hydroxylation sites is 1. The van der Waals surface area contributed by atoms with Gasteiger partial charge in [-0.15, -0.1) is 0 Å². The number of aromatic nitrogens is 2. The Bertz CT molecular complexity index is 936.